The second-order valence-corrected chi connectivity index (χ2v) is 7.41. The molecule has 4 rings (SSSR count). The van der Waals surface area contributed by atoms with Crippen molar-refractivity contribution >= 4 is 47.3 Å². The first-order valence-electron chi connectivity index (χ1n) is 10.4. The summed E-state index contributed by atoms with van der Waals surface area (Å²) in [6, 6.07) is 26.9. The lowest BCUT2D eigenvalue weighted by Crippen LogP contribution is -2.23. The molecule has 0 aliphatic carbocycles. The van der Waals surface area contributed by atoms with Gasteiger partial charge in [-0.3, -0.25) is 9.78 Å². The van der Waals surface area contributed by atoms with Gasteiger partial charge in [-0.2, -0.15) is 0 Å². The van der Waals surface area contributed by atoms with Crippen LogP contribution >= 0.6 is 24.8 Å². The van der Waals surface area contributed by atoms with E-state index < -0.39 is 6.10 Å². The van der Waals surface area contributed by atoms with Crippen LogP contribution in [0.1, 0.15) is 27.6 Å². The third-order valence-electron chi connectivity index (χ3n) is 5.20. The minimum atomic E-state index is -0.512. The normalized spacial score (nSPS) is 11.2. The number of nitrogens with zero attached hydrogens (tertiary/aromatic N) is 1. The van der Waals surface area contributed by atoms with Gasteiger partial charge in [0.2, 0.25) is 0 Å². The van der Waals surface area contributed by atoms with Crippen molar-refractivity contribution in [3.63, 3.8) is 0 Å². The number of pyridine rings is 1. The van der Waals surface area contributed by atoms with Gasteiger partial charge in [0.05, 0.1) is 17.2 Å². The number of hydrogen-bond donors (Lipinski definition) is 3. The molecule has 0 radical (unpaired) electrons. The summed E-state index contributed by atoms with van der Waals surface area (Å²) in [7, 11) is 0. The third-order valence-corrected chi connectivity index (χ3v) is 5.20. The molecule has 0 fully saturated rings. The van der Waals surface area contributed by atoms with Crippen molar-refractivity contribution in [1.29, 1.82) is 0 Å². The van der Waals surface area contributed by atoms with Crippen LogP contribution in [0.2, 0.25) is 0 Å². The highest BCUT2D eigenvalue weighted by Crippen LogP contribution is 2.18. The van der Waals surface area contributed by atoms with Crippen molar-refractivity contribution < 1.29 is 9.90 Å². The molecular formula is C26H27Cl2N3O2. The molecule has 4 aromatic rings. The molecule has 0 bridgehead atoms. The van der Waals surface area contributed by atoms with Gasteiger partial charge in [0.15, 0.2) is 0 Å². The van der Waals surface area contributed by atoms with Crippen molar-refractivity contribution in [3.8, 4) is 0 Å². The van der Waals surface area contributed by atoms with E-state index in [-0.39, 0.29) is 30.7 Å². The van der Waals surface area contributed by atoms with Gasteiger partial charge in [-0.05, 0) is 48.4 Å². The molecule has 0 aliphatic rings. The summed E-state index contributed by atoms with van der Waals surface area (Å²) in [6.07, 6.45) is 2.02. The topological polar surface area (TPSA) is 74.2 Å². The number of carbonyl (C=O) groups is 1. The van der Waals surface area contributed by atoms with E-state index in [1.807, 2.05) is 78.9 Å². The van der Waals surface area contributed by atoms with E-state index in [4.69, 9.17) is 0 Å². The van der Waals surface area contributed by atoms with Crippen molar-refractivity contribution in [1.82, 2.24) is 10.3 Å². The number of fused-ring (bicyclic) bond motifs is 1. The highest BCUT2D eigenvalue weighted by atomic mass is 35.5. The van der Waals surface area contributed by atoms with Crippen LogP contribution in [0.5, 0.6) is 0 Å². The molecule has 5 nitrogen and oxygen atoms in total. The lowest BCUT2D eigenvalue weighted by Gasteiger charge is -2.12. The predicted molar refractivity (Wildman–Crippen MR) is 139 cm³/mol. The minimum Gasteiger partial charge on any atom is -0.387 e. The molecule has 1 atom stereocenters. The number of carbonyl (C=O) groups excluding carboxylic acids is 1. The van der Waals surface area contributed by atoms with Gasteiger partial charge in [0.25, 0.3) is 5.91 Å². The van der Waals surface area contributed by atoms with Crippen LogP contribution in [0.4, 0.5) is 5.69 Å². The van der Waals surface area contributed by atoms with Gasteiger partial charge >= 0.3 is 0 Å². The van der Waals surface area contributed by atoms with Gasteiger partial charge in [-0.15, -0.1) is 24.8 Å². The van der Waals surface area contributed by atoms with Gasteiger partial charge in [0.1, 0.15) is 0 Å². The number of anilines is 1. The standard InChI is InChI=1S/C26H25N3O2.2ClH/c30-24(20-6-2-1-3-7-20)18-27-17-15-19-11-13-22(14-12-19)29-26(31)23-10-4-8-21-9-5-16-28-25(21)23;;/h1-14,16,24,27,30H,15,17-18H2,(H,29,31);2*1H. The zero-order chi connectivity index (χ0) is 21.5. The zero-order valence-electron chi connectivity index (χ0n) is 18.0. The summed E-state index contributed by atoms with van der Waals surface area (Å²) in [5.74, 6) is -0.173. The summed E-state index contributed by atoms with van der Waals surface area (Å²) < 4.78 is 0. The van der Waals surface area contributed by atoms with Gasteiger partial charge in [-0.1, -0.05) is 60.7 Å². The largest absolute Gasteiger partial charge is 0.387 e. The third kappa shape index (κ3) is 7.01. The van der Waals surface area contributed by atoms with Crippen molar-refractivity contribution in [2.45, 2.75) is 12.5 Å². The number of hydrogen-bond acceptors (Lipinski definition) is 4. The number of aliphatic hydroxyl groups is 1. The molecule has 7 heteroatoms. The van der Waals surface area contributed by atoms with E-state index in [1.54, 1.807) is 12.3 Å². The van der Waals surface area contributed by atoms with E-state index in [0.717, 1.165) is 35.2 Å². The summed E-state index contributed by atoms with van der Waals surface area (Å²) in [6.45, 7) is 1.27. The van der Waals surface area contributed by atoms with Crippen LogP contribution in [0.25, 0.3) is 10.9 Å². The van der Waals surface area contributed by atoms with E-state index in [0.29, 0.717) is 17.6 Å². The van der Waals surface area contributed by atoms with E-state index in [1.165, 1.54) is 0 Å². The number of rotatable bonds is 8. The average molecular weight is 484 g/mol. The first-order chi connectivity index (χ1) is 15.2. The molecule has 1 amide bonds. The number of benzene rings is 3. The monoisotopic (exact) mass is 483 g/mol. The minimum absolute atomic E-state index is 0. The number of halogens is 2. The molecule has 1 heterocycles. The van der Waals surface area contributed by atoms with E-state index >= 15 is 0 Å². The number of para-hydroxylation sites is 1. The van der Waals surface area contributed by atoms with Crippen LogP contribution < -0.4 is 10.6 Å². The lowest BCUT2D eigenvalue weighted by molar-refractivity contribution is 0.102. The Morgan fingerprint density at radius 1 is 0.879 bits per heavy atom. The van der Waals surface area contributed by atoms with Crippen LogP contribution in [0.15, 0.2) is 91.1 Å². The summed E-state index contributed by atoms with van der Waals surface area (Å²) in [5, 5.41) is 17.4. The maximum Gasteiger partial charge on any atom is 0.257 e. The Kier molecular flexibility index (Phi) is 10.3. The van der Waals surface area contributed by atoms with Gasteiger partial charge in [-0.25, -0.2) is 0 Å². The van der Waals surface area contributed by atoms with Crippen molar-refractivity contribution in [3.05, 3.63) is 108 Å². The molecule has 0 saturated heterocycles. The Morgan fingerprint density at radius 3 is 2.36 bits per heavy atom. The molecule has 0 aliphatic heterocycles. The van der Waals surface area contributed by atoms with Crippen LogP contribution in [-0.2, 0) is 6.42 Å². The quantitative estimate of drug-likeness (QED) is 0.301. The second kappa shape index (κ2) is 12.9. The predicted octanol–water partition coefficient (Wildman–Crippen LogP) is 5.20. The van der Waals surface area contributed by atoms with Crippen LogP contribution in [-0.4, -0.2) is 29.1 Å². The fourth-order valence-electron chi connectivity index (χ4n) is 3.51. The second-order valence-electron chi connectivity index (χ2n) is 7.41. The van der Waals surface area contributed by atoms with E-state index in [9.17, 15) is 9.90 Å². The Labute approximate surface area is 206 Å². The first-order valence-corrected chi connectivity index (χ1v) is 10.4. The fraction of sp³-hybridized carbons (Fsp3) is 0.154. The molecule has 0 spiro atoms. The highest BCUT2D eigenvalue weighted by molar-refractivity contribution is 6.11. The first kappa shape index (κ1) is 26.3. The van der Waals surface area contributed by atoms with Crippen molar-refractivity contribution in [2.24, 2.45) is 0 Å². The van der Waals surface area contributed by atoms with Gasteiger partial charge in [0, 0.05) is 23.8 Å². The zero-order valence-corrected chi connectivity index (χ0v) is 19.6. The molecule has 1 unspecified atom stereocenters. The Hall–Kier alpha value is -2.96. The maximum atomic E-state index is 12.7. The van der Waals surface area contributed by atoms with Crippen LogP contribution in [0.3, 0.4) is 0 Å². The summed E-state index contributed by atoms with van der Waals surface area (Å²) in [4.78, 5) is 17.1. The fourth-order valence-corrected chi connectivity index (χ4v) is 3.51. The molecule has 1 aromatic heterocycles. The molecule has 3 aromatic carbocycles. The molecule has 3 N–H and O–H groups in total. The number of aliphatic hydroxyl groups excluding tert-OH is 1. The van der Waals surface area contributed by atoms with Crippen molar-refractivity contribution in [2.75, 3.05) is 18.4 Å². The average Bonchev–Trinajstić information content (AvgIpc) is 2.83. The van der Waals surface area contributed by atoms with Gasteiger partial charge < -0.3 is 15.7 Å². The smallest absolute Gasteiger partial charge is 0.257 e. The number of amides is 1. The number of aromatic nitrogens is 1. The SMILES string of the molecule is Cl.Cl.O=C(Nc1ccc(CCNCC(O)c2ccccc2)cc1)c1cccc2cccnc12. The summed E-state index contributed by atoms with van der Waals surface area (Å²) >= 11 is 0. The Bertz CT molecular complexity index is 1150. The van der Waals surface area contributed by atoms with Crippen LogP contribution in [0, 0.1) is 0 Å². The summed E-state index contributed by atoms with van der Waals surface area (Å²) in [5.41, 5.74) is 4.07. The number of nitrogens with one attached hydrogen (secondary N) is 2. The lowest BCUT2D eigenvalue weighted by atomic mass is 10.1. The van der Waals surface area contributed by atoms with E-state index in [2.05, 4.69) is 15.6 Å². The highest BCUT2D eigenvalue weighted by Gasteiger charge is 2.11. The maximum absolute atomic E-state index is 12.7. The molecule has 33 heavy (non-hydrogen) atoms. The Balaban J connectivity index is 0.00000193. The molecular weight excluding hydrogens is 457 g/mol. The Morgan fingerprint density at radius 2 is 1.61 bits per heavy atom. The molecule has 0 saturated carbocycles. The molecule has 172 valence electrons.